The number of hydrogen-bond donors (Lipinski definition) is 3. The maximum atomic E-state index is 12.3. The lowest BCUT2D eigenvalue weighted by Crippen LogP contribution is -2.28. The molecule has 1 aromatic carbocycles. The van der Waals surface area contributed by atoms with Crippen LogP contribution in [-0.2, 0) is 12.8 Å². The first-order chi connectivity index (χ1) is 9.84. The fourth-order valence-electron chi connectivity index (χ4n) is 2.55. The number of benzene rings is 1. The minimum atomic E-state index is -0.00268. The van der Waals surface area contributed by atoms with E-state index in [1.54, 1.807) is 12.4 Å². The van der Waals surface area contributed by atoms with Gasteiger partial charge in [-0.1, -0.05) is 6.07 Å². The molecule has 0 fully saturated rings. The van der Waals surface area contributed by atoms with Crippen LogP contribution in [0.5, 0.6) is 0 Å². The molecule has 3 rings (SSSR count). The van der Waals surface area contributed by atoms with Crippen LogP contribution in [0.15, 0.2) is 30.6 Å². The molecule has 120 valence electrons. The van der Waals surface area contributed by atoms with E-state index in [4.69, 9.17) is 0 Å². The number of aromatic nitrogens is 2. The number of hydrogen-bond acceptors (Lipinski definition) is 3. The van der Waals surface area contributed by atoms with Crippen LogP contribution in [0.25, 0.3) is 0 Å². The van der Waals surface area contributed by atoms with Crippen LogP contribution in [-0.4, -0.2) is 29.0 Å². The fourth-order valence-corrected chi connectivity index (χ4v) is 2.55. The van der Waals surface area contributed by atoms with Crippen LogP contribution in [0.2, 0.25) is 0 Å². The van der Waals surface area contributed by atoms with Crippen molar-refractivity contribution < 1.29 is 4.79 Å². The van der Waals surface area contributed by atoms with Gasteiger partial charge in [-0.05, 0) is 30.5 Å². The van der Waals surface area contributed by atoms with Gasteiger partial charge >= 0.3 is 0 Å². The Balaban J connectivity index is 0.00000121. The number of aromatic amines is 1. The van der Waals surface area contributed by atoms with Crippen molar-refractivity contribution in [2.24, 2.45) is 0 Å². The van der Waals surface area contributed by atoms with Gasteiger partial charge in [-0.2, -0.15) is 0 Å². The summed E-state index contributed by atoms with van der Waals surface area (Å²) in [6, 6.07) is 5.86. The molecule has 0 aliphatic carbocycles. The van der Waals surface area contributed by atoms with E-state index in [-0.39, 0.29) is 30.7 Å². The van der Waals surface area contributed by atoms with Crippen molar-refractivity contribution in [2.45, 2.75) is 19.3 Å². The van der Waals surface area contributed by atoms with Crippen LogP contribution in [0.4, 0.5) is 5.69 Å². The number of amides is 1. The largest absolute Gasteiger partial charge is 0.385 e. The standard InChI is InChI=1S/C15H18N4O.2ClH/c20-15(19-8-6-14-17-9-10-18-14)12-3-1-5-13-11(12)4-2-7-16-13;;/h1,3,5,9-10,16H,2,4,6-8H2,(H,17,18)(H,19,20);2*1H. The maximum Gasteiger partial charge on any atom is 0.251 e. The number of carbonyl (C=O) groups excluding carboxylic acids is 1. The summed E-state index contributed by atoms with van der Waals surface area (Å²) < 4.78 is 0. The molecule has 1 aromatic heterocycles. The Labute approximate surface area is 142 Å². The zero-order valence-electron chi connectivity index (χ0n) is 12.1. The third-order valence-corrected chi connectivity index (χ3v) is 3.54. The van der Waals surface area contributed by atoms with Gasteiger partial charge in [0.25, 0.3) is 5.91 Å². The summed E-state index contributed by atoms with van der Waals surface area (Å²) in [4.78, 5) is 19.4. The van der Waals surface area contributed by atoms with E-state index in [2.05, 4.69) is 20.6 Å². The molecule has 0 saturated carbocycles. The topological polar surface area (TPSA) is 69.8 Å². The van der Waals surface area contributed by atoms with Crippen molar-refractivity contribution in [2.75, 3.05) is 18.4 Å². The van der Waals surface area contributed by atoms with Gasteiger partial charge in [0.1, 0.15) is 5.82 Å². The van der Waals surface area contributed by atoms with Gasteiger partial charge in [-0.3, -0.25) is 4.79 Å². The van der Waals surface area contributed by atoms with Crippen molar-refractivity contribution >= 4 is 36.4 Å². The van der Waals surface area contributed by atoms with E-state index in [1.807, 2.05) is 18.2 Å². The van der Waals surface area contributed by atoms with Gasteiger partial charge in [-0.15, -0.1) is 24.8 Å². The molecule has 2 aromatic rings. The first kappa shape index (κ1) is 18.3. The van der Waals surface area contributed by atoms with Crippen molar-refractivity contribution in [3.63, 3.8) is 0 Å². The lowest BCUT2D eigenvalue weighted by atomic mass is 9.97. The van der Waals surface area contributed by atoms with E-state index in [1.165, 1.54) is 0 Å². The average molecular weight is 343 g/mol. The highest BCUT2D eigenvalue weighted by atomic mass is 35.5. The molecule has 1 aliphatic rings. The summed E-state index contributed by atoms with van der Waals surface area (Å²) >= 11 is 0. The van der Waals surface area contributed by atoms with Crippen molar-refractivity contribution in [3.05, 3.63) is 47.5 Å². The third-order valence-electron chi connectivity index (χ3n) is 3.54. The number of H-pyrrole nitrogens is 1. The summed E-state index contributed by atoms with van der Waals surface area (Å²) in [5.74, 6) is 0.888. The SMILES string of the molecule is Cl.Cl.O=C(NCCc1ncc[nH]1)c1cccc2c1CCCN2. The van der Waals surface area contributed by atoms with E-state index in [0.29, 0.717) is 13.0 Å². The second kappa shape index (κ2) is 8.66. The molecule has 0 unspecified atom stereocenters. The predicted molar refractivity (Wildman–Crippen MR) is 92.4 cm³/mol. The van der Waals surface area contributed by atoms with Crippen LogP contribution in [0, 0.1) is 0 Å². The molecule has 5 nitrogen and oxygen atoms in total. The van der Waals surface area contributed by atoms with E-state index < -0.39 is 0 Å². The van der Waals surface area contributed by atoms with Crippen molar-refractivity contribution in [1.29, 1.82) is 0 Å². The van der Waals surface area contributed by atoms with Gasteiger partial charge in [0.05, 0.1) is 0 Å². The molecular formula is C15H20Cl2N4O. The highest BCUT2D eigenvalue weighted by molar-refractivity contribution is 5.97. The lowest BCUT2D eigenvalue weighted by Gasteiger charge is -2.20. The van der Waals surface area contributed by atoms with Gasteiger partial charge < -0.3 is 15.6 Å². The summed E-state index contributed by atoms with van der Waals surface area (Å²) in [6.07, 6.45) is 6.26. The van der Waals surface area contributed by atoms with Gasteiger partial charge in [-0.25, -0.2) is 4.98 Å². The average Bonchev–Trinajstić information content (AvgIpc) is 3.00. The number of carbonyl (C=O) groups is 1. The van der Waals surface area contributed by atoms with E-state index >= 15 is 0 Å². The first-order valence-corrected chi connectivity index (χ1v) is 6.97. The molecule has 22 heavy (non-hydrogen) atoms. The zero-order valence-corrected chi connectivity index (χ0v) is 13.7. The van der Waals surface area contributed by atoms with Crippen LogP contribution in [0.1, 0.15) is 28.2 Å². The molecular weight excluding hydrogens is 323 g/mol. The van der Waals surface area contributed by atoms with Gasteiger partial charge in [0.2, 0.25) is 0 Å². The Kier molecular flexibility index (Phi) is 7.21. The number of fused-ring (bicyclic) bond motifs is 1. The molecule has 2 heterocycles. The smallest absolute Gasteiger partial charge is 0.251 e. The number of halogens is 2. The summed E-state index contributed by atoms with van der Waals surface area (Å²) in [5, 5.41) is 6.30. The second-order valence-electron chi connectivity index (χ2n) is 4.90. The zero-order chi connectivity index (χ0) is 13.8. The van der Waals surface area contributed by atoms with Crippen LogP contribution in [0.3, 0.4) is 0 Å². The first-order valence-electron chi connectivity index (χ1n) is 6.97. The van der Waals surface area contributed by atoms with Crippen molar-refractivity contribution in [1.82, 2.24) is 15.3 Å². The van der Waals surface area contributed by atoms with Crippen LogP contribution >= 0.6 is 24.8 Å². The molecule has 0 spiro atoms. The number of nitrogens with zero attached hydrogens (tertiary/aromatic N) is 1. The molecule has 0 atom stereocenters. The Morgan fingerprint density at radius 3 is 2.95 bits per heavy atom. The summed E-state index contributed by atoms with van der Waals surface area (Å²) in [5.41, 5.74) is 3.01. The molecule has 7 heteroatoms. The number of imidazole rings is 1. The second-order valence-corrected chi connectivity index (χ2v) is 4.90. The predicted octanol–water partition coefficient (Wildman–Crippen LogP) is 2.58. The van der Waals surface area contributed by atoms with E-state index in [9.17, 15) is 4.79 Å². The minimum Gasteiger partial charge on any atom is -0.385 e. The Hall–Kier alpha value is -1.72. The summed E-state index contributed by atoms with van der Waals surface area (Å²) in [6.45, 7) is 1.57. The number of nitrogens with one attached hydrogen (secondary N) is 3. The monoisotopic (exact) mass is 342 g/mol. The molecule has 0 saturated heterocycles. The highest BCUT2D eigenvalue weighted by Gasteiger charge is 2.16. The third kappa shape index (κ3) is 4.15. The van der Waals surface area contributed by atoms with E-state index in [0.717, 1.165) is 42.0 Å². The quantitative estimate of drug-likeness (QED) is 0.799. The minimum absolute atomic E-state index is 0. The van der Waals surface area contributed by atoms with Gasteiger partial charge in [0.15, 0.2) is 0 Å². The lowest BCUT2D eigenvalue weighted by molar-refractivity contribution is 0.0953. The molecule has 0 radical (unpaired) electrons. The Morgan fingerprint density at radius 1 is 1.32 bits per heavy atom. The van der Waals surface area contributed by atoms with Crippen LogP contribution < -0.4 is 10.6 Å². The summed E-state index contributed by atoms with van der Waals surface area (Å²) in [7, 11) is 0. The number of anilines is 1. The molecule has 3 N–H and O–H groups in total. The molecule has 0 bridgehead atoms. The number of rotatable bonds is 4. The maximum absolute atomic E-state index is 12.3. The van der Waals surface area contributed by atoms with Crippen molar-refractivity contribution in [3.8, 4) is 0 Å². The molecule has 1 aliphatic heterocycles. The normalized spacial score (nSPS) is 12.2. The molecule has 1 amide bonds. The fraction of sp³-hybridized carbons (Fsp3) is 0.333. The Morgan fingerprint density at radius 2 is 2.18 bits per heavy atom. The highest BCUT2D eigenvalue weighted by Crippen LogP contribution is 2.25. The van der Waals surface area contributed by atoms with Gasteiger partial charge in [0, 0.05) is 43.2 Å². The Bertz CT molecular complexity index is 602.